The zero-order valence-electron chi connectivity index (χ0n) is 11.2. The molecule has 0 spiro atoms. The number of benzene rings is 3. The Morgan fingerprint density at radius 3 is 2.43 bits per heavy atom. The van der Waals surface area contributed by atoms with Gasteiger partial charge in [-0.15, -0.1) is 0 Å². The summed E-state index contributed by atoms with van der Waals surface area (Å²) in [4.78, 5) is 12.3. The predicted molar refractivity (Wildman–Crippen MR) is 82.0 cm³/mol. The van der Waals surface area contributed by atoms with Crippen LogP contribution in [0.1, 0.15) is 11.1 Å². The molecule has 3 aromatic rings. The number of hydrogen-bond donors (Lipinski definition) is 2. The number of carbonyl (C=O) groups excluding carboxylic acids is 1. The summed E-state index contributed by atoms with van der Waals surface area (Å²) >= 11 is 0. The van der Waals surface area contributed by atoms with Gasteiger partial charge in [0, 0.05) is 11.3 Å². The van der Waals surface area contributed by atoms with Gasteiger partial charge in [0.05, 0.1) is 0 Å². The first-order valence-corrected chi connectivity index (χ1v) is 6.82. The van der Waals surface area contributed by atoms with Crippen molar-refractivity contribution in [3.05, 3.63) is 77.9 Å². The predicted octanol–water partition coefficient (Wildman–Crippen LogP) is 3.03. The van der Waals surface area contributed by atoms with Crippen LogP contribution in [-0.2, 0) is 10.4 Å². The smallest absolute Gasteiger partial charge is 0.265 e. The molecule has 1 aliphatic rings. The molecule has 0 aromatic heterocycles. The topological polar surface area (TPSA) is 49.3 Å². The van der Waals surface area contributed by atoms with Crippen molar-refractivity contribution in [2.45, 2.75) is 5.60 Å². The van der Waals surface area contributed by atoms with Crippen molar-refractivity contribution in [1.29, 1.82) is 0 Å². The van der Waals surface area contributed by atoms with Gasteiger partial charge >= 0.3 is 0 Å². The number of aliphatic hydroxyl groups is 1. The summed E-state index contributed by atoms with van der Waals surface area (Å²) in [5.74, 6) is -0.404. The van der Waals surface area contributed by atoms with Gasteiger partial charge in [0.1, 0.15) is 0 Å². The molecule has 4 rings (SSSR count). The lowest BCUT2D eigenvalue weighted by Gasteiger charge is -2.21. The Labute approximate surface area is 121 Å². The highest BCUT2D eigenvalue weighted by molar-refractivity contribution is 6.07. The Kier molecular flexibility index (Phi) is 2.41. The number of fused-ring (bicyclic) bond motifs is 2. The SMILES string of the molecule is O=C1Nc2ccccc2[C@@]1(O)c1ccc2ccccc2c1. The van der Waals surface area contributed by atoms with Gasteiger partial charge in [-0.2, -0.15) is 0 Å². The number of para-hydroxylation sites is 1. The van der Waals surface area contributed by atoms with Crippen molar-refractivity contribution >= 4 is 22.4 Å². The molecule has 2 N–H and O–H groups in total. The Balaban J connectivity index is 1.96. The fourth-order valence-corrected chi connectivity index (χ4v) is 2.94. The van der Waals surface area contributed by atoms with Crippen LogP contribution >= 0.6 is 0 Å². The average molecular weight is 275 g/mol. The van der Waals surface area contributed by atoms with E-state index in [1.807, 2.05) is 54.6 Å². The first-order chi connectivity index (χ1) is 10.2. The van der Waals surface area contributed by atoms with E-state index in [1.165, 1.54) is 0 Å². The molecule has 1 amide bonds. The monoisotopic (exact) mass is 275 g/mol. The summed E-state index contributed by atoms with van der Waals surface area (Å²) in [7, 11) is 0. The van der Waals surface area contributed by atoms with Crippen molar-refractivity contribution in [3.63, 3.8) is 0 Å². The van der Waals surface area contributed by atoms with Crippen LogP contribution in [0.2, 0.25) is 0 Å². The van der Waals surface area contributed by atoms with Crippen LogP contribution in [0.3, 0.4) is 0 Å². The second-order valence-corrected chi connectivity index (χ2v) is 5.27. The van der Waals surface area contributed by atoms with E-state index in [1.54, 1.807) is 12.1 Å². The molecule has 1 atom stereocenters. The minimum Gasteiger partial charge on any atom is -0.372 e. The Hall–Kier alpha value is -2.65. The van der Waals surface area contributed by atoms with E-state index in [0.29, 0.717) is 16.8 Å². The van der Waals surface area contributed by atoms with E-state index in [9.17, 15) is 9.90 Å². The number of nitrogens with one attached hydrogen (secondary N) is 1. The van der Waals surface area contributed by atoms with Crippen LogP contribution in [0.5, 0.6) is 0 Å². The maximum atomic E-state index is 12.3. The van der Waals surface area contributed by atoms with Crippen LogP contribution in [0.25, 0.3) is 10.8 Å². The molecular formula is C18H13NO2. The van der Waals surface area contributed by atoms with Crippen LogP contribution < -0.4 is 5.32 Å². The normalized spacial score (nSPS) is 20.3. The first-order valence-electron chi connectivity index (χ1n) is 6.82. The molecule has 0 unspecified atom stereocenters. The highest BCUT2D eigenvalue weighted by Gasteiger charge is 2.46. The highest BCUT2D eigenvalue weighted by atomic mass is 16.3. The minimum absolute atomic E-state index is 0.404. The van der Waals surface area contributed by atoms with Gasteiger partial charge in [0.25, 0.3) is 5.91 Å². The molecular weight excluding hydrogens is 262 g/mol. The van der Waals surface area contributed by atoms with E-state index in [-0.39, 0.29) is 0 Å². The van der Waals surface area contributed by atoms with E-state index in [4.69, 9.17) is 0 Å². The zero-order valence-corrected chi connectivity index (χ0v) is 11.2. The molecule has 0 bridgehead atoms. The zero-order chi connectivity index (χ0) is 14.4. The largest absolute Gasteiger partial charge is 0.372 e. The number of carbonyl (C=O) groups is 1. The summed E-state index contributed by atoms with van der Waals surface area (Å²) in [5, 5.41) is 15.9. The third-order valence-electron chi connectivity index (χ3n) is 4.06. The van der Waals surface area contributed by atoms with Gasteiger partial charge in [0.2, 0.25) is 0 Å². The third-order valence-corrected chi connectivity index (χ3v) is 4.06. The highest BCUT2D eigenvalue weighted by Crippen LogP contribution is 2.41. The summed E-state index contributed by atoms with van der Waals surface area (Å²) in [6.07, 6.45) is 0. The maximum Gasteiger partial charge on any atom is 0.265 e. The second kappa shape index (κ2) is 4.17. The summed E-state index contributed by atoms with van der Waals surface area (Å²) < 4.78 is 0. The molecule has 0 aliphatic carbocycles. The Bertz CT molecular complexity index is 872. The van der Waals surface area contributed by atoms with E-state index in [0.717, 1.165) is 10.8 Å². The van der Waals surface area contributed by atoms with Gasteiger partial charge in [0.15, 0.2) is 5.60 Å². The lowest BCUT2D eigenvalue weighted by Crippen LogP contribution is -2.35. The van der Waals surface area contributed by atoms with Crippen molar-refractivity contribution < 1.29 is 9.90 Å². The van der Waals surface area contributed by atoms with Gasteiger partial charge in [-0.1, -0.05) is 54.6 Å². The number of anilines is 1. The number of rotatable bonds is 1. The molecule has 1 heterocycles. The van der Waals surface area contributed by atoms with Crippen molar-refractivity contribution in [2.75, 3.05) is 5.32 Å². The van der Waals surface area contributed by atoms with Crippen LogP contribution in [0, 0.1) is 0 Å². The van der Waals surface area contributed by atoms with E-state index >= 15 is 0 Å². The van der Waals surface area contributed by atoms with Crippen molar-refractivity contribution in [3.8, 4) is 0 Å². The standard InChI is InChI=1S/C18H13NO2/c20-17-18(21,15-7-3-4-8-16(15)19-17)14-10-9-12-5-1-2-6-13(12)11-14/h1-11,21H,(H,19,20)/t18-/m0/s1. The molecule has 3 aromatic carbocycles. The van der Waals surface area contributed by atoms with E-state index < -0.39 is 11.5 Å². The van der Waals surface area contributed by atoms with Gasteiger partial charge in [-0.3, -0.25) is 4.79 Å². The molecule has 3 heteroatoms. The Morgan fingerprint density at radius 2 is 1.57 bits per heavy atom. The van der Waals surface area contributed by atoms with Crippen LogP contribution in [0.15, 0.2) is 66.7 Å². The molecule has 1 aliphatic heterocycles. The van der Waals surface area contributed by atoms with Crippen molar-refractivity contribution in [1.82, 2.24) is 0 Å². The lowest BCUT2D eigenvalue weighted by molar-refractivity contribution is -0.129. The maximum absolute atomic E-state index is 12.3. The third kappa shape index (κ3) is 1.61. The van der Waals surface area contributed by atoms with Gasteiger partial charge in [-0.25, -0.2) is 0 Å². The van der Waals surface area contributed by atoms with Crippen LogP contribution in [0.4, 0.5) is 5.69 Å². The fourth-order valence-electron chi connectivity index (χ4n) is 2.94. The lowest BCUT2D eigenvalue weighted by atomic mass is 9.86. The van der Waals surface area contributed by atoms with Crippen LogP contribution in [-0.4, -0.2) is 11.0 Å². The molecule has 102 valence electrons. The van der Waals surface area contributed by atoms with Crippen molar-refractivity contribution in [2.24, 2.45) is 0 Å². The molecule has 0 saturated heterocycles. The Morgan fingerprint density at radius 1 is 0.857 bits per heavy atom. The molecule has 0 saturated carbocycles. The molecule has 3 nitrogen and oxygen atoms in total. The number of hydrogen-bond acceptors (Lipinski definition) is 2. The summed E-state index contributed by atoms with van der Waals surface area (Å²) in [6.45, 7) is 0. The molecule has 21 heavy (non-hydrogen) atoms. The molecule has 0 fully saturated rings. The quantitative estimate of drug-likeness (QED) is 0.717. The summed E-state index contributed by atoms with van der Waals surface area (Å²) in [6, 6.07) is 20.7. The van der Waals surface area contributed by atoms with Gasteiger partial charge in [-0.05, 0) is 28.5 Å². The summed E-state index contributed by atoms with van der Waals surface area (Å²) in [5.41, 5.74) is 0.229. The fraction of sp³-hybridized carbons (Fsp3) is 0.0556. The van der Waals surface area contributed by atoms with E-state index in [2.05, 4.69) is 5.32 Å². The van der Waals surface area contributed by atoms with Gasteiger partial charge < -0.3 is 10.4 Å². The first kappa shape index (κ1) is 12.1. The molecule has 0 radical (unpaired) electrons. The number of amides is 1. The minimum atomic E-state index is -1.62. The second-order valence-electron chi connectivity index (χ2n) is 5.27. The average Bonchev–Trinajstić information content (AvgIpc) is 2.79.